The SMILES string of the molecule is N#CC(F)(F)C1CC1. The van der Waals surface area contributed by atoms with E-state index in [4.69, 9.17) is 5.26 Å². The van der Waals surface area contributed by atoms with Gasteiger partial charge in [0.15, 0.2) is 0 Å². The Bertz CT molecular complexity index is 132. The molecule has 0 saturated heterocycles. The molecule has 1 aliphatic carbocycles. The van der Waals surface area contributed by atoms with Gasteiger partial charge in [0.2, 0.25) is 0 Å². The van der Waals surface area contributed by atoms with Crippen LogP contribution in [-0.2, 0) is 0 Å². The van der Waals surface area contributed by atoms with Crippen LogP contribution in [0.5, 0.6) is 0 Å². The third kappa shape index (κ3) is 0.786. The number of hydrogen-bond donors (Lipinski definition) is 0. The van der Waals surface area contributed by atoms with Gasteiger partial charge >= 0.3 is 5.92 Å². The van der Waals surface area contributed by atoms with Crippen LogP contribution in [0.1, 0.15) is 12.8 Å². The Kier molecular flexibility index (Phi) is 0.968. The van der Waals surface area contributed by atoms with Crippen molar-refractivity contribution >= 4 is 0 Å². The van der Waals surface area contributed by atoms with Crippen molar-refractivity contribution < 1.29 is 8.78 Å². The summed E-state index contributed by atoms with van der Waals surface area (Å²) in [6.07, 6.45) is 1.03. The quantitative estimate of drug-likeness (QED) is 0.511. The normalized spacial score (nSPS) is 20.1. The van der Waals surface area contributed by atoms with E-state index in [0.29, 0.717) is 12.8 Å². The first kappa shape index (κ1) is 5.49. The lowest BCUT2D eigenvalue weighted by Crippen LogP contribution is -2.14. The van der Waals surface area contributed by atoms with Gasteiger partial charge in [-0.2, -0.15) is 14.0 Å². The van der Waals surface area contributed by atoms with Crippen LogP contribution in [0.3, 0.4) is 0 Å². The Labute approximate surface area is 45.9 Å². The zero-order valence-corrected chi connectivity index (χ0v) is 4.19. The Morgan fingerprint density at radius 1 is 1.50 bits per heavy atom. The predicted octanol–water partition coefficient (Wildman–Crippen LogP) is 1.56. The third-order valence-electron chi connectivity index (χ3n) is 1.24. The summed E-state index contributed by atoms with van der Waals surface area (Å²) in [4.78, 5) is 0. The molecule has 0 bridgehead atoms. The molecule has 0 heterocycles. The maximum absolute atomic E-state index is 12.0. The summed E-state index contributed by atoms with van der Waals surface area (Å²) >= 11 is 0. The first-order chi connectivity index (χ1) is 3.67. The Morgan fingerprint density at radius 2 is 2.00 bits per heavy atom. The number of nitrogens with zero attached hydrogens (tertiary/aromatic N) is 1. The fourth-order valence-corrected chi connectivity index (χ4v) is 0.537. The summed E-state index contributed by atoms with van der Waals surface area (Å²) in [5.41, 5.74) is 0. The van der Waals surface area contributed by atoms with Gasteiger partial charge < -0.3 is 0 Å². The van der Waals surface area contributed by atoms with E-state index in [1.165, 1.54) is 0 Å². The molecule has 1 saturated carbocycles. The summed E-state index contributed by atoms with van der Waals surface area (Å²) in [6, 6.07) is 0.970. The van der Waals surface area contributed by atoms with Gasteiger partial charge in [-0.05, 0) is 12.8 Å². The van der Waals surface area contributed by atoms with Crippen LogP contribution in [0, 0.1) is 17.2 Å². The van der Waals surface area contributed by atoms with Crippen LogP contribution in [0.2, 0.25) is 0 Å². The highest BCUT2D eigenvalue weighted by Crippen LogP contribution is 2.42. The predicted molar refractivity (Wildman–Crippen MR) is 23.3 cm³/mol. The average Bonchev–Trinajstić information content (AvgIpc) is 2.44. The maximum atomic E-state index is 12.0. The van der Waals surface area contributed by atoms with E-state index >= 15 is 0 Å². The van der Waals surface area contributed by atoms with Gasteiger partial charge in [0.05, 0.1) is 0 Å². The highest BCUT2D eigenvalue weighted by molar-refractivity contribution is 5.02. The molecule has 3 heteroatoms. The van der Waals surface area contributed by atoms with Gasteiger partial charge in [-0.25, -0.2) is 0 Å². The topological polar surface area (TPSA) is 23.8 Å². The van der Waals surface area contributed by atoms with E-state index in [1.807, 2.05) is 0 Å². The molecule has 8 heavy (non-hydrogen) atoms. The highest BCUT2D eigenvalue weighted by Gasteiger charge is 2.46. The smallest absolute Gasteiger partial charge is 0.192 e. The van der Waals surface area contributed by atoms with E-state index < -0.39 is 11.8 Å². The summed E-state index contributed by atoms with van der Waals surface area (Å²) in [6.45, 7) is 0. The molecule has 0 aliphatic heterocycles. The first-order valence-corrected chi connectivity index (χ1v) is 2.46. The lowest BCUT2D eigenvalue weighted by molar-refractivity contribution is 0.0393. The van der Waals surface area contributed by atoms with Crippen molar-refractivity contribution in [2.45, 2.75) is 18.8 Å². The monoisotopic (exact) mass is 117 g/mol. The van der Waals surface area contributed by atoms with Gasteiger partial charge in [0.25, 0.3) is 0 Å². The molecule has 0 unspecified atom stereocenters. The van der Waals surface area contributed by atoms with Gasteiger partial charge in [-0.3, -0.25) is 0 Å². The first-order valence-electron chi connectivity index (χ1n) is 2.46. The van der Waals surface area contributed by atoms with Crippen LogP contribution in [-0.4, -0.2) is 5.92 Å². The average molecular weight is 117 g/mol. The van der Waals surface area contributed by atoms with Gasteiger partial charge in [0, 0.05) is 5.92 Å². The zero-order valence-electron chi connectivity index (χ0n) is 4.19. The second-order valence-corrected chi connectivity index (χ2v) is 2.01. The van der Waals surface area contributed by atoms with Crippen molar-refractivity contribution in [3.63, 3.8) is 0 Å². The number of alkyl halides is 2. The van der Waals surface area contributed by atoms with Crippen molar-refractivity contribution in [2.24, 2.45) is 5.92 Å². The van der Waals surface area contributed by atoms with Crippen molar-refractivity contribution in [2.75, 3.05) is 0 Å². The molecule has 1 aliphatic rings. The van der Waals surface area contributed by atoms with Crippen LogP contribution < -0.4 is 0 Å². The minimum absolute atomic E-state index is 0.514. The molecule has 0 aromatic carbocycles. The van der Waals surface area contributed by atoms with Crippen LogP contribution in [0.4, 0.5) is 8.78 Å². The molecule has 0 aromatic heterocycles. The van der Waals surface area contributed by atoms with Crippen molar-refractivity contribution in [1.82, 2.24) is 0 Å². The molecular formula is C5H5F2N. The molecule has 0 spiro atoms. The second-order valence-electron chi connectivity index (χ2n) is 2.01. The highest BCUT2D eigenvalue weighted by atomic mass is 19.3. The molecule has 0 N–H and O–H groups in total. The van der Waals surface area contributed by atoms with E-state index in [0.717, 1.165) is 6.07 Å². The molecule has 0 amide bonds. The summed E-state index contributed by atoms with van der Waals surface area (Å²) in [7, 11) is 0. The molecule has 44 valence electrons. The maximum Gasteiger partial charge on any atom is 0.334 e. The van der Waals surface area contributed by atoms with Crippen molar-refractivity contribution in [3.05, 3.63) is 0 Å². The van der Waals surface area contributed by atoms with Crippen LogP contribution in [0.15, 0.2) is 0 Å². The third-order valence-corrected chi connectivity index (χ3v) is 1.24. The van der Waals surface area contributed by atoms with Crippen molar-refractivity contribution in [3.8, 4) is 6.07 Å². The molecule has 1 fully saturated rings. The number of hydrogen-bond acceptors (Lipinski definition) is 1. The largest absolute Gasteiger partial charge is 0.334 e. The van der Waals surface area contributed by atoms with E-state index in [9.17, 15) is 8.78 Å². The summed E-state index contributed by atoms with van der Waals surface area (Å²) in [5.74, 6) is -3.67. The van der Waals surface area contributed by atoms with E-state index in [-0.39, 0.29) is 0 Å². The fourth-order valence-electron chi connectivity index (χ4n) is 0.537. The molecule has 1 nitrogen and oxygen atoms in total. The molecule has 0 aromatic rings. The van der Waals surface area contributed by atoms with E-state index in [1.54, 1.807) is 0 Å². The van der Waals surface area contributed by atoms with Crippen molar-refractivity contribution in [1.29, 1.82) is 5.26 Å². The number of nitriles is 1. The van der Waals surface area contributed by atoms with Gasteiger partial charge in [0.1, 0.15) is 6.07 Å². The lowest BCUT2D eigenvalue weighted by atomic mass is 10.2. The van der Waals surface area contributed by atoms with E-state index in [2.05, 4.69) is 0 Å². The fraction of sp³-hybridized carbons (Fsp3) is 0.800. The molecule has 0 radical (unpaired) electrons. The summed E-state index contributed by atoms with van der Waals surface area (Å²) in [5, 5.41) is 7.80. The Balaban J connectivity index is 2.53. The van der Waals surface area contributed by atoms with Gasteiger partial charge in [-0.1, -0.05) is 0 Å². The summed E-state index contributed by atoms with van der Waals surface area (Å²) < 4.78 is 24.0. The second kappa shape index (κ2) is 1.41. The minimum atomic E-state index is -3.04. The Morgan fingerprint density at radius 3 is 2.12 bits per heavy atom. The number of rotatable bonds is 1. The van der Waals surface area contributed by atoms with Crippen LogP contribution in [0.25, 0.3) is 0 Å². The van der Waals surface area contributed by atoms with Crippen LogP contribution >= 0.6 is 0 Å². The Hall–Kier alpha value is -0.650. The molecule has 0 atom stereocenters. The lowest BCUT2D eigenvalue weighted by Gasteiger charge is -2.01. The molecule has 1 rings (SSSR count). The number of halogens is 2. The standard InChI is InChI=1S/C5H5F2N/c6-5(7,3-8)4-1-2-4/h4H,1-2H2. The molecular weight excluding hydrogens is 112 g/mol. The zero-order chi connectivity index (χ0) is 6.20. The van der Waals surface area contributed by atoms with Gasteiger partial charge in [-0.15, -0.1) is 0 Å². The minimum Gasteiger partial charge on any atom is -0.192 e.